The molecule has 0 amide bonds. The number of rotatable bonds is 10. The molecule has 5 N–H and O–H groups in total. The molecule has 1 heterocycles. The Morgan fingerprint density at radius 2 is 1.75 bits per heavy atom. The Hall–Kier alpha value is -1.81. The lowest BCUT2D eigenvalue weighted by Crippen LogP contribution is -2.47. The molecule has 2 aromatic rings. The Balaban J connectivity index is 0.000000486. The highest BCUT2D eigenvalue weighted by atomic mass is 32.2. The van der Waals surface area contributed by atoms with Crippen LogP contribution in [0.2, 0.25) is 0 Å². The van der Waals surface area contributed by atoms with E-state index in [1.165, 1.54) is 12.8 Å². The van der Waals surface area contributed by atoms with E-state index in [9.17, 15) is 14.4 Å². The molecule has 0 aromatic heterocycles. The van der Waals surface area contributed by atoms with Crippen LogP contribution in [-0.2, 0) is 22.1 Å². The number of hydrogen-bond donors (Lipinski definition) is 4. The third-order valence-corrected chi connectivity index (χ3v) is 6.92. The van der Waals surface area contributed by atoms with E-state index in [4.69, 9.17) is 10.5 Å². The average Bonchev–Trinajstić information content (AvgIpc) is 3.39. The summed E-state index contributed by atoms with van der Waals surface area (Å²) in [5, 5.41) is 22.6. The van der Waals surface area contributed by atoms with Crippen LogP contribution in [0.1, 0.15) is 46.1 Å². The van der Waals surface area contributed by atoms with E-state index >= 15 is 0 Å². The molecular weight excluding hydrogens is 474 g/mol. The molecule has 8 heteroatoms. The number of aliphatic hydroxyl groups excluding tert-OH is 2. The first-order valence-electron chi connectivity index (χ1n) is 12.8. The lowest BCUT2D eigenvalue weighted by molar-refractivity contribution is 0.0941. The Morgan fingerprint density at radius 1 is 1.14 bits per heavy atom. The van der Waals surface area contributed by atoms with Crippen LogP contribution in [0.15, 0.2) is 59.5 Å². The van der Waals surface area contributed by atoms with Gasteiger partial charge in [0.15, 0.2) is 0 Å². The largest absolute Gasteiger partial charge is 0.399 e. The van der Waals surface area contributed by atoms with Crippen molar-refractivity contribution in [3.63, 3.8) is 0 Å². The van der Waals surface area contributed by atoms with E-state index in [1.54, 1.807) is 35.6 Å². The van der Waals surface area contributed by atoms with Gasteiger partial charge in [-0.05, 0) is 54.5 Å². The van der Waals surface area contributed by atoms with Crippen LogP contribution < -0.4 is 11.1 Å². The van der Waals surface area contributed by atoms with Gasteiger partial charge in [-0.3, -0.25) is 5.32 Å². The van der Waals surface area contributed by atoms with Crippen molar-refractivity contribution >= 4 is 16.7 Å². The zero-order valence-electron chi connectivity index (χ0n) is 22.6. The summed E-state index contributed by atoms with van der Waals surface area (Å²) < 4.78 is 19.3. The standard InChI is InChI=1S/C18H25N3O3S.C6H12O.C4H10/c1-21(25(24)16-9-7-15(19)8-10-16)12-18(23)17(20-13-22)11-14-5-3-2-4-6-14;1-2-6-3-4-7-5-6;1-4(2)3/h2-10,17-18,20,22-23H,11-13,19H2,1H3;6H,2-5H2,1H3;4H,1-3H3/t17-,18?,25?;6-;/m00./s1. The summed E-state index contributed by atoms with van der Waals surface area (Å²) >= 11 is 0. The second-order valence-electron chi connectivity index (χ2n) is 9.72. The predicted octanol–water partition coefficient (Wildman–Crippen LogP) is 3.83. The molecule has 7 nitrogen and oxygen atoms in total. The predicted molar refractivity (Wildman–Crippen MR) is 150 cm³/mol. The Labute approximate surface area is 220 Å². The number of aliphatic hydroxyl groups is 2. The summed E-state index contributed by atoms with van der Waals surface area (Å²) in [6.07, 6.45) is 2.34. The summed E-state index contributed by atoms with van der Waals surface area (Å²) in [7, 11) is 0.292. The SMILES string of the molecule is CC(C)C.CC[C@H]1CCOC1.CN(CC(O)[C@H](Cc1ccccc1)NCO)S(=O)c1ccc(N)cc1. The summed E-state index contributed by atoms with van der Waals surface area (Å²) in [4.78, 5) is 0.624. The first kappa shape index (κ1) is 32.2. The first-order chi connectivity index (χ1) is 17.2. The van der Waals surface area contributed by atoms with Crippen LogP contribution in [0.4, 0.5) is 5.69 Å². The maximum atomic E-state index is 12.5. The van der Waals surface area contributed by atoms with Gasteiger partial charge >= 0.3 is 0 Å². The van der Waals surface area contributed by atoms with Gasteiger partial charge in [0.25, 0.3) is 0 Å². The first-order valence-corrected chi connectivity index (χ1v) is 13.9. The topological polar surface area (TPSA) is 108 Å². The van der Waals surface area contributed by atoms with E-state index < -0.39 is 17.1 Å². The number of likely N-dealkylation sites (N-methyl/N-ethyl adjacent to an activating group) is 1. The van der Waals surface area contributed by atoms with Crippen LogP contribution >= 0.6 is 0 Å². The Morgan fingerprint density at radius 3 is 2.22 bits per heavy atom. The fourth-order valence-corrected chi connectivity index (χ4v) is 4.47. The van der Waals surface area contributed by atoms with E-state index in [-0.39, 0.29) is 19.3 Å². The van der Waals surface area contributed by atoms with Crippen molar-refractivity contribution in [2.75, 3.05) is 39.3 Å². The van der Waals surface area contributed by atoms with Crippen LogP contribution in [0.25, 0.3) is 0 Å². The Bertz CT molecular complexity index is 828. The van der Waals surface area contributed by atoms with E-state index in [0.717, 1.165) is 30.6 Å². The number of nitrogens with zero attached hydrogens (tertiary/aromatic N) is 1. The summed E-state index contributed by atoms with van der Waals surface area (Å²) in [5.41, 5.74) is 7.31. The maximum Gasteiger partial charge on any atom is 0.127 e. The van der Waals surface area contributed by atoms with Crippen molar-refractivity contribution in [2.45, 2.75) is 64.0 Å². The summed E-state index contributed by atoms with van der Waals surface area (Å²) in [5.74, 6) is 1.71. The molecule has 204 valence electrons. The quantitative estimate of drug-likeness (QED) is 0.280. The number of nitrogens with two attached hydrogens (primary N) is 1. The minimum atomic E-state index is -1.40. The van der Waals surface area contributed by atoms with Gasteiger partial charge in [-0.2, -0.15) is 0 Å². The van der Waals surface area contributed by atoms with Gasteiger partial charge in [-0.1, -0.05) is 64.4 Å². The number of anilines is 1. The molecule has 36 heavy (non-hydrogen) atoms. The molecule has 1 aliphatic rings. The molecule has 0 radical (unpaired) electrons. The molecule has 1 aliphatic heterocycles. The van der Waals surface area contributed by atoms with E-state index in [1.807, 2.05) is 30.3 Å². The van der Waals surface area contributed by atoms with Crippen LogP contribution in [0.3, 0.4) is 0 Å². The van der Waals surface area contributed by atoms with Crippen molar-refractivity contribution in [3.8, 4) is 0 Å². The number of benzene rings is 2. The van der Waals surface area contributed by atoms with Crippen molar-refractivity contribution in [1.82, 2.24) is 9.62 Å². The fraction of sp³-hybridized carbons (Fsp3) is 0.571. The van der Waals surface area contributed by atoms with Gasteiger partial charge in [-0.15, -0.1) is 0 Å². The highest BCUT2D eigenvalue weighted by Crippen LogP contribution is 2.15. The van der Waals surface area contributed by atoms with Gasteiger partial charge < -0.3 is 20.7 Å². The summed E-state index contributed by atoms with van der Waals surface area (Å²) in [6, 6.07) is 16.2. The number of hydrogen-bond acceptors (Lipinski definition) is 6. The molecule has 1 saturated heterocycles. The number of nitrogen functional groups attached to an aromatic ring is 1. The van der Waals surface area contributed by atoms with Crippen molar-refractivity contribution in [1.29, 1.82) is 0 Å². The second-order valence-corrected chi connectivity index (χ2v) is 11.3. The van der Waals surface area contributed by atoms with E-state index in [0.29, 0.717) is 17.0 Å². The van der Waals surface area contributed by atoms with Crippen LogP contribution in [-0.4, -0.2) is 64.4 Å². The number of ether oxygens (including phenoxy) is 1. The smallest absolute Gasteiger partial charge is 0.127 e. The zero-order chi connectivity index (χ0) is 26.9. The monoisotopic (exact) mass is 521 g/mol. The average molecular weight is 522 g/mol. The lowest BCUT2D eigenvalue weighted by atomic mass is 10.0. The normalized spacial score (nSPS) is 17.5. The van der Waals surface area contributed by atoms with Gasteiger partial charge in [0.2, 0.25) is 0 Å². The van der Waals surface area contributed by atoms with Gasteiger partial charge in [0.05, 0.1) is 17.7 Å². The van der Waals surface area contributed by atoms with Crippen molar-refractivity contribution in [2.24, 2.45) is 11.8 Å². The third-order valence-electron chi connectivity index (χ3n) is 5.53. The molecule has 0 saturated carbocycles. The molecule has 2 unspecified atom stereocenters. The molecule has 0 bridgehead atoms. The molecule has 0 aliphatic carbocycles. The van der Waals surface area contributed by atoms with Crippen molar-refractivity contribution < 1.29 is 19.2 Å². The zero-order valence-corrected chi connectivity index (χ0v) is 23.4. The van der Waals surface area contributed by atoms with Crippen LogP contribution in [0.5, 0.6) is 0 Å². The highest BCUT2D eigenvalue weighted by molar-refractivity contribution is 7.82. The summed E-state index contributed by atoms with van der Waals surface area (Å²) in [6.45, 7) is 10.7. The minimum Gasteiger partial charge on any atom is -0.399 e. The lowest BCUT2D eigenvalue weighted by Gasteiger charge is -2.27. The minimum absolute atomic E-state index is 0.196. The molecule has 3 rings (SSSR count). The maximum absolute atomic E-state index is 12.5. The van der Waals surface area contributed by atoms with Gasteiger partial charge in [-0.25, -0.2) is 8.51 Å². The molecule has 4 atom stereocenters. The van der Waals surface area contributed by atoms with Gasteiger partial charge in [0, 0.05) is 38.5 Å². The fourth-order valence-electron chi connectivity index (χ4n) is 3.46. The number of nitrogens with one attached hydrogen (secondary N) is 1. The molecule has 0 spiro atoms. The molecule has 2 aromatic carbocycles. The highest BCUT2D eigenvalue weighted by Gasteiger charge is 2.23. The second kappa shape index (κ2) is 18.4. The molecule has 1 fully saturated rings. The van der Waals surface area contributed by atoms with E-state index in [2.05, 4.69) is 33.0 Å². The van der Waals surface area contributed by atoms with Crippen molar-refractivity contribution in [3.05, 3.63) is 60.2 Å². The Kier molecular flexibility index (Phi) is 16.5. The van der Waals surface area contributed by atoms with Crippen LogP contribution in [0, 0.1) is 11.8 Å². The van der Waals surface area contributed by atoms with Gasteiger partial charge in [0.1, 0.15) is 11.0 Å². The molecular formula is C28H47N3O4S. The third kappa shape index (κ3) is 13.5.